The number of rotatable bonds is 5. The standard InChI is InChI=1S/C12H15N3O3/c1-3-18-12(16)11(8-13-17)15-14-10-6-4-5-9(2)7-10/h4-8,14,17H,3H2,1-2H3/b13-8+,15-11+. The van der Waals surface area contributed by atoms with Gasteiger partial charge in [0.05, 0.1) is 12.3 Å². The van der Waals surface area contributed by atoms with Crippen molar-refractivity contribution in [1.82, 2.24) is 0 Å². The van der Waals surface area contributed by atoms with Crippen LogP contribution in [0.2, 0.25) is 0 Å². The Balaban J connectivity index is 2.80. The normalized spacial score (nSPS) is 11.6. The lowest BCUT2D eigenvalue weighted by atomic mass is 10.2. The predicted octanol–water partition coefficient (Wildman–Crippen LogP) is 1.79. The largest absolute Gasteiger partial charge is 0.461 e. The molecule has 0 fully saturated rings. The number of carbonyl (C=O) groups excluding carboxylic acids is 1. The van der Waals surface area contributed by atoms with E-state index in [-0.39, 0.29) is 12.3 Å². The Morgan fingerprint density at radius 1 is 1.56 bits per heavy atom. The fourth-order valence-electron chi connectivity index (χ4n) is 1.23. The van der Waals surface area contributed by atoms with Crippen LogP contribution < -0.4 is 5.43 Å². The summed E-state index contributed by atoms with van der Waals surface area (Å²) in [5.41, 5.74) is 4.37. The van der Waals surface area contributed by atoms with Gasteiger partial charge in [-0.3, -0.25) is 5.43 Å². The Hall–Kier alpha value is -2.37. The lowest BCUT2D eigenvalue weighted by molar-refractivity contribution is -0.134. The molecule has 1 aromatic carbocycles. The number of benzene rings is 1. The summed E-state index contributed by atoms with van der Waals surface area (Å²) in [6.07, 6.45) is 0.917. The molecule has 6 heteroatoms. The van der Waals surface area contributed by atoms with E-state index in [1.165, 1.54) is 0 Å². The van der Waals surface area contributed by atoms with Gasteiger partial charge < -0.3 is 9.94 Å². The predicted molar refractivity (Wildman–Crippen MR) is 69.1 cm³/mol. The SMILES string of the molecule is CCOC(=O)C(/C=N/O)=N/Nc1cccc(C)c1. The van der Waals surface area contributed by atoms with E-state index in [0.29, 0.717) is 0 Å². The van der Waals surface area contributed by atoms with Gasteiger partial charge in [0.25, 0.3) is 0 Å². The Labute approximate surface area is 105 Å². The molecule has 2 N–H and O–H groups in total. The minimum absolute atomic E-state index is 0.110. The first-order valence-electron chi connectivity index (χ1n) is 5.42. The quantitative estimate of drug-likeness (QED) is 0.360. The van der Waals surface area contributed by atoms with E-state index >= 15 is 0 Å². The lowest BCUT2D eigenvalue weighted by Crippen LogP contribution is -2.20. The van der Waals surface area contributed by atoms with Crippen molar-refractivity contribution < 1.29 is 14.7 Å². The van der Waals surface area contributed by atoms with E-state index in [2.05, 4.69) is 15.7 Å². The number of ether oxygens (including phenoxy) is 1. The zero-order chi connectivity index (χ0) is 13.4. The number of hydrogen-bond donors (Lipinski definition) is 2. The van der Waals surface area contributed by atoms with Crippen molar-refractivity contribution in [1.29, 1.82) is 0 Å². The summed E-state index contributed by atoms with van der Waals surface area (Å²) in [6, 6.07) is 7.46. The van der Waals surface area contributed by atoms with Crippen molar-refractivity contribution in [3.63, 3.8) is 0 Å². The number of aryl methyl sites for hydroxylation is 1. The van der Waals surface area contributed by atoms with Gasteiger partial charge in [0, 0.05) is 0 Å². The van der Waals surface area contributed by atoms with E-state index in [9.17, 15) is 4.79 Å². The van der Waals surface area contributed by atoms with Gasteiger partial charge >= 0.3 is 5.97 Å². The third kappa shape index (κ3) is 4.25. The van der Waals surface area contributed by atoms with E-state index in [4.69, 9.17) is 9.94 Å². The first-order valence-corrected chi connectivity index (χ1v) is 5.42. The van der Waals surface area contributed by atoms with Crippen molar-refractivity contribution in [3.05, 3.63) is 29.8 Å². The topological polar surface area (TPSA) is 83.3 Å². The number of hydrogen-bond acceptors (Lipinski definition) is 6. The van der Waals surface area contributed by atoms with Gasteiger partial charge in [-0.05, 0) is 31.5 Å². The highest BCUT2D eigenvalue weighted by molar-refractivity contribution is 6.59. The molecule has 0 aliphatic heterocycles. The second-order valence-corrected chi connectivity index (χ2v) is 3.44. The summed E-state index contributed by atoms with van der Waals surface area (Å²) in [5, 5.41) is 15.0. The number of hydrazone groups is 1. The van der Waals surface area contributed by atoms with Gasteiger partial charge in [0.2, 0.25) is 0 Å². The molecule has 6 nitrogen and oxygen atoms in total. The molecule has 0 saturated heterocycles. The van der Waals surface area contributed by atoms with Crippen molar-refractivity contribution in [2.75, 3.05) is 12.0 Å². The first kappa shape index (κ1) is 13.7. The van der Waals surface area contributed by atoms with Gasteiger partial charge in [0.15, 0.2) is 5.71 Å². The fourth-order valence-corrected chi connectivity index (χ4v) is 1.23. The highest BCUT2D eigenvalue weighted by atomic mass is 16.5. The maximum absolute atomic E-state index is 11.4. The number of nitrogens with zero attached hydrogens (tertiary/aromatic N) is 2. The number of anilines is 1. The summed E-state index contributed by atoms with van der Waals surface area (Å²) in [5.74, 6) is -0.657. The molecular formula is C12H15N3O3. The van der Waals surface area contributed by atoms with E-state index in [0.717, 1.165) is 17.5 Å². The van der Waals surface area contributed by atoms with Gasteiger partial charge in [-0.2, -0.15) is 5.10 Å². The van der Waals surface area contributed by atoms with Gasteiger partial charge in [0.1, 0.15) is 6.21 Å². The molecule has 96 valence electrons. The zero-order valence-corrected chi connectivity index (χ0v) is 10.3. The van der Waals surface area contributed by atoms with Gasteiger partial charge in [-0.25, -0.2) is 4.79 Å². The summed E-state index contributed by atoms with van der Waals surface area (Å²) in [4.78, 5) is 11.4. The highest BCUT2D eigenvalue weighted by Crippen LogP contribution is 2.09. The molecule has 0 heterocycles. The Bertz CT molecular complexity index is 469. The van der Waals surface area contributed by atoms with Crippen LogP contribution in [0.25, 0.3) is 0 Å². The average Bonchev–Trinajstić information content (AvgIpc) is 2.35. The molecule has 0 amide bonds. The number of nitrogens with one attached hydrogen (secondary N) is 1. The lowest BCUT2D eigenvalue weighted by Gasteiger charge is -2.03. The second-order valence-electron chi connectivity index (χ2n) is 3.44. The Kier molecular flexibility index (Phi) is 5.37. The van der Waals surface area contributed by atoms with E-state index < -0.39 is 5.97 Å². The molecule has 0 atom stereocenters. The minimum atomic E-state index is -0.657. The second kappa shape index (κ2) is 7.05. The van der Waals surface area contributed by atoms with Crippen molar-refractivity contribution in [2.45, 2.75) is 13.8 Å². The van der Waals surface area contributed by atoms with Gasteiger partial charge in [-0.15, -0.1) is 0 Å². The third-order valence-corrected chi connectivity index (χ3v) is 1.99. The third-order valence-electron chi connectivity index (χ3n) is 1.99. The van der Waals surface area contributed by atoms with Crippen LogP contribution in [0.5, 0.6) is 0 Å². The molecule has 1 rings (SSSR count). The number of carbonyl (C=O) groups is 1. The molecule has 0 spiro atoms. The summed E-state index contributed by atoms with van der Waals surface area (Å²) >= 11 is 0. The maximum Gasteiger partial charge on any atom is 0.360 e. The van der Waals surface area contributed by atoms with Crippen LogP contribution >= 0.6 is 0 Å². The number of esters is 1. The average molecular weight is 249 g/mol. The van der Waals surface area contributed by atoms with Crippen LogP contribution in [-0.2, 0) is 9.53 Å². The Morgan fingerprint density at radius 3 is 2.94 bits per heavy atom. The molecule has 0 unspecified atom stereocenters. The molecule has 18 heavy (non-hydrogen) atoms. The molecule has 0 bridgehead atoms. The van der Waals surface area contributed by atoms with Crippen LogP contribution in [-0.4, -0.2) is 29.7 Å². The van der Waals surface area contributed by atoms with Crippen molar-refractivity contribution in [2.24, 2.45) is 10.3 Å². The summed E-state index contributed by atoms with van der Waals surface area (Å²) in [6.45, 7) is 3.84. The smallest absolute Gasteiger partial charge is 0.360 e. The highest BCUT2D eigenvalue weighted by Gasteiger charge is 2.10. The van der Waals surface area contributed by atoms with Crippen molar-refractivity contribution in [3.8, 4) is 0 Å². The van der Waals surface area contributed by atoms with Crippen LogP contribution in [0.15, 0.2) is 34.5 Å². The molecule has 0 aliphatic rings. The molecule has 0 aromatic heterocycles. The van der Waals surface area contributed by atoms with E-state index in [1.54, 1.807) is 13.0 Å². The summed E-state index contributed by atoms with van der Waals surface area (Å²) < 4.78 is 4.76. The fraction of sp³-hybridized carbons (Fsp3) is 0.250. The minimum Gasteiger partial charge on any atom is -0.461 e. The molecule has 0 aliphatic carbocycles. The van der Waals surface area contributed by atoms with E-state index in [1.807, 2.05) is 25.1 Å². The molecule has 0 saturated carbocycles. The monoisotopic (exact) mass is 249 g/mol. The first-order chi connectivity index (χ1) is 8.67. The molecule has 1 aromatic rings. The van der Waals surface area contributed by atoms with Gasteiger partial charge in [-0.1, -0.05) is 17.3 Å². The van der Waals surface area contributed by atoms with Crippen LogP contribution in [0.1, 0.15) is 12.5 Å². The maximum atomic E-state index is 11.4. The molecule has 0 radical (unpaired) electrons. The Morgan fingerprint density at radius 2 is 2.33 bits per heavy atom. The van der Waals surface area contributed by atoms with Crippen LogP contribution in [0, 0.1) is 6.92 Å². The van der Waals surface area contributed by atoms with Crippen molar-refractivity contribution >= 4 is 23.6 Å². The number of oxime groups is 1. The van der Waals surface area contributed by atoms with Crippen LogP contribution in [0.3, 0.4) is 0 Å². The zero-order valence-electron chi connectivity index (χ0n) is 10.3. The van der Waals surface area contributed by atoms with Crippen LogP contribution in [0.4, 0.5) is 5.69 Å². The summed E-state index contributed by atoms with van der Waals surface area (Å²) in [7, 11) is 0. The molecular weight excluding hydrogens is 234 g/mol.